The minimum absolute atomic E-state index is 0.0375. The van der Waals surface area contributed by atoms with E-state index in [-0.39, 0.29) is 29.0 Å². The highest BCUT2D eigenvalue weighted by Crippen LogP contribution is 2.31. The van der Waals surface area contributed by atoms with Crippen molar-refractivity contribution in [2.75, 3.05) is 16.8 Å². The van der Waals surface area contributed by atoms with Crippen LogP contribution in [-0.4, -0.2) is 50.8 Å². The number of hydrogen-bond donors (Lipinski definition) is 1. The maximum atomic E-state index is 12.6. The number of non-ortho nitro benzene ring substituents is 1. The van der Waals surface area contributed by atoms with Crippen LogP contribution in [0.25, 0.3) is 0 Å². The van der Waals surface area contributed by atoms with Crippen molar-refractivity contribution >= 4 is 38.9 Å². The molecule has 1 aliphatic heterocycles. The van der Waals surface area contributed by atoms with Crippen LogP contribution in [-0.2, 0) is 21.2 Å². The first-order valence-electron chi connectivity index (χ1n) is 9.16. The van der Waals surface area contributed by atoms with E-state index in [1.807, 2.05) is 0 Å². The molecular formula is C18H21N5O5S2. The minimum Gasteiger partial charge on any atom is -0.325 e. The molecule has 1 aromatic heterocycles. The SMILES string of the molecule is C=CCn1c(S[C@@H](C)C(=O)Nc2cccc([N+](=O)[O-])c2)nnc1[C@@H]1CCS(=O)(=O)C1. The molecule has 1 aliphatic rings. The van der Waals surface area contributed by atoms with E-state index in [0.717, 1.165) is 0 Å². The van der Waals surface area contributed by atoms with Crippen LogP contribution >= 0.6 is 11.8 Å². The van der Waals surface area contributed by atoms with Crippen molar-refractivity contribution in [2.24, 2.45) is 0 Å². The van der Waals surface area contributed by atoms with E-state index in [9.17, 15) is 23.3 Å². The van der Waals surface area contributed by atoms with Gasteiger partial charge in [-0.15, -0.1) is 16.8 Å². The summed E-state index contributed by atoms with van der Waals surface area (Å²) >= 11 is 1.17. The van der Waals surface area contributed by atoms with Crippen LogP contribution in [0.3, 0.4) is 0 Å². The number of carbonyl (C=O) groups is 1. The average Bonchev–Trinajstić information content (AvgIpc) is 3.25. The third-order valence-electron chi connectivity index (χ3n) is 4.63. The Morgan fingerprint density at radius 2 is 2.27 bits per heavy atom. The number of benzene rings is 1. The van der Waals surface area contributed by atoms with Gasteiger partial charge in [0.1, 0.15) is 5.82 Å². The quantitative estimate of drug-likeness (QED) is 0.279. The van der Waals surface area contributed by atoms with Crippen molar-refractivity contribution in [3.63, 3.8) is 0 Å². The second-order valence-electron chi connectivity index (χ2n) is 6.90. The Balaban J connectivity index is 1.73. The maximum absolute atomic E-state index is 12.6. The number of hydrogen-bond acceptors (Lipinski definition) is 8. The van der Waals surface area contributed by atoms with E-state index >= 15 is 0 Å². The summed E-state index contributed by atoms with van der Waals surface area (Å²) in [6.45, 7) is 5.80. The molecule has 12 heteroatoms. The van der Waals surface area contributed by atoms with Crippen molar-refractivity contribution in [1.29, 1.82) is 0 Å². The molecule has 160 valence electrons. The van der Waals surface area contributed by atoms with Crippen molar-refractivity contribution in [3.05, 3.63) is 52.9 Å². The largest absolute Gasteiger partial charge is 0.325 e. The van der Waals surface area contributed by atoms with Gasteiger partial charge in [0, 0.05) is 30.3 Å². The number of nitro benzene ring substituents is 1. The Kier molecular flexibility index (Phi) is 6.56. The molecule has 2 aromatic rings. The molecule has 1 N–H and O–H groups in total. The third-order valence-corrected chi connectivity index (χ3v) is 7.48. The molecule has 1 amide bonds. The van der Waals surface area contributed by atoms with Crippen LogP contribution in [0.2, 0.25) is 0 Å². The van der Waals surface area contributed by atoms with Gasteiger partial charge >= 0.3 is 0 Å². The number of carbonyl (C=O) groups excluding carboxylic acids is 1. The lowest BCUT2D eigenvalue weighted by atomic mass is 10.1. The van der Waals surface area contributed by atoms with E-state index in [1.165, 1.54) is 30.0 Å². The number of thioether (sulfide) groups is 1. The summed E-state index contributed by atoms with van der Waals surface area (Å²) in [6, 6.07) is 5.69. The van der Waals surface area contributed by atoms with Gasteiger partial charge in [0.05, 0.1) is 21.7 Å². The minimum atomic E-state index is -3.07. The van der Waals surface area contributed by atoms with Crippen LogP contribution in [0.15, 0.2) is 42.1 Å². The molecule has 1 fully saturated rings. The van der Waals surface area contributed by atoms with Crippen LogP contribution in [0.5, 0.6) is 0 Å². The number of anilines is 1. The molecule has 1 aromatic carbocycles. The zero-order valence-electron chi connectivity index (χ0n) is 16.2. The smallest absolute Gasteiger partial charge is 0.271 e. The van der Waals surface area contributed by atoms with Gasteiger partial charge in [-0.1, -0.05) is 23.9 Å². The summed E-state index contributed by atoms with van der Waals surface area (Å²) in [5.74, 6) is 0.160. The number of aromatic nitrogens is 3. The predicted molar refractivity (Wildman–Crippen MR) is 113 cm³/mol. The molecule has 30 heavy (non-hydrogen) atoms. The van der Waals surface area contributed by atoms with E-state index in [0.29, 0.717) is 29.6 Å². The molecular weight excluding hydrogens is 430 g/mol. The van der Waals surface area contributed by atoms with E-state index < -0.39 is 20.0 Å². The number of allylic oxidation sites excluding steroid dienone is 1. The first-order valence-corrected chi connectivity index (χ1v) is 11.9. The number of amides is 1. The Bertz CT molecular complexity index is 1080. The summed E-state index contributed by atoms with van der Waals surface area (Å²) < 4.78 is 25.4. The van der Waals surface area contributed by atoms with Crippen molar-refractivity contribution in [1.82, 2.24) is 14.8 Å². The molecule has 1 saturated heterocycles. The summed E-state index contributed by atoms with van der Waals surface area (Å²) in [5, 5.41) is 21.8. The molecule has 0 unspecified atom stereocenters. The van der Waals surface area contributed by atoms with Gasteiger partial charge < -0.3 is 9.88 Å². The highest BCUT2D eigenvalue weighted by Gasteiger charge is 2.33. The second-order valence-corrected chi connectivity index (χ2v) is 10.4. The highest BCUT2D eigenvalue weighted by atomic mass is 32.2. The van der Waals surface area contributed by atoms with Crippen LogP contribution in [0.4, 0.5) is 11.4 Å². The lowest BCUT2D eigenvalue weighted by molar-refractivity contribution is -0.384. The van der Waals surface area contributed by atoms with E-state index in [4.69, 9.17) is 0 Å². The standard InChI is InChI=1S/C18H21N5O5S2/c1-3-8-22-16(13-7-9-30(27,28)11-13)20-21-18(22)29-12(2)17(24)19-14-5-4-6-15(10-14)23(25)26/h3-6,10,12-13H,1,7-9,11H2,2H3,(H,19,24)/t12-,13+/m0/s1. The normalized spacial score (nSPS) is 18.6. The second kappa shape index (κ2) is 8.96. The lowest BCUT2D eigenvalue weighted by Crippen LogP contribution is -2.23. The van der Waals surface area contributed by atoms with Gasteiger partial charge in [-0.25, -0.2) is 8.42 Å². The van der Waals surface area contributed by atoms with Crippen LogP contribution in [0.1, 0.15) is 25.1 Å². The summed E-state index contributed by atoms with van der Waals surface area (Å²) in [4.78, 5) is 22.9. The maximum Gasteiger partial charge on any atom is 0.271 e. The van der Waals surface area contributed by atoms with Crippen LogP contribution < -0.4 is 5.32 Å². The van der Waals surface area contributed by atoms with Crippen molar-refractivity contribution < 1.29 is 18.1 Å². The number of rotatable bonds is 8. The summed E-state index contributed by atoms with van der Waals surface area (Å²) in [7, 11) is -3.07. The first kappa shape index (κ1) is 22.0. The van der Waals surface area contributed by atoms with Crippen molar-refractivity contribution in [3.8, 4) is 0 Å². The third kappa shape index (κ3) is 5.05. The fourth-order valence-electron chi connectivity index (χ4n) is 3.14. The number of nitrogens with one attached hydrogen (secondary N) is 1. The molecule has 2 atom stereocenters. The average molecular weight is 452 g/mol. The number of sulfone groups is 1. The lowest BCUT2D eigenvalue weighted by Gasteiger charge is -2.14. The van der Waals surface area contributed by atoms with Gasteiger partial charge in [-0.2, -0.15) is 0 Å². The highest BCUT2D eigenvalue weighted by molar-refractivity contribution is 8.00. The van der Waals surface area contributed by atoms with Gasteiger partial charge in [0.15, 0.2) is 15.0 Å². The molecule has 0 aliphatic carbocycles. The molecule has 0 radical (unpaired) electrons. The molecule has 3 rings (SSSR count). The van der Waals surface area contributed by atoms with Gasteiger partial charge in [-0.3, -0.25) is 14.9 Å². The predicted octanol–water partition coefficient (Wildman–Crippen LogP) is 2.39. The van der Waals surface area contributed by atoms with Gasteiger partial charge in [-0.05, 0) is 19.4 Å². The fourth-order valence-corrected chi connectivity index (χ4v) is 5.75. The molecule has 2 heterocycles. The molecule has 0 saturated carbocycles. The van der Waals surface area contributed by atoms with Gasteiger partial charge in [0.25, 0.3) is 5.69 Å². The fraction of sp³-hybridized carbons (Fsp3) is 0.389. The molecule has 10 nitrogen and oxygen atoms in total. The summed E-state index contributed by atoms with van der Waals surface area (Å²) in [6.07, 6.45) is 2.15. The van der Waals surface area contributed by atoms with E-state index in [2.05, 4.69) is 22.1 Å². The number of nitrogens with zero attached hydrogens (tertiary/aromatic N) is 4. The van der Waals surface area contributed by atoms with E-state index in [1.54, 1.807) is 23.6 Å². The Hall–Kier alpha value is -2.73. The van der Waals surface area contributed by atoms with Crippen LogP contribution in [0, 0.1) is 10.1 Å². The zero-order chi connectivity index (χ0) is 21.9. The Morgan fingerprint density at radius 1 is 1.50 bits per heavy atom. The molecule has 0 spiro atoms. The Labute approximate surface area is 177 Å². The van der Waals surface area contributed by atoms with Crippen molar-refractivity contribution in [2.45, 2.75) is 36.2 Å². The Morgan fingerprint density at radius 3 is 2.90 bits per heavy atom. The monoisotopic (exact) mass is 451 g/mol. The zero-order valence-corrected chi connectivity index (χ0v) is 17.9. The summed E-state index contributed by atoms with van der Waals surface area (Å²) in [5.41, 5.74) is 0.209. The first-order chi connectivity index (χ1) is 14.2. The number of nitro groups is 1. The van der Waals surface area contributed by atoms with Gasteiger partial charge in [0.2, 0.25) is 5.91 Å². The molecule has 0 bridgehead atoms. The topological polar surface area (TPSA) is 137 Å².